The van der Waals surface area contributed by atoms with E-state index in [0.717, 1.165) is 16.9 Å². The Labute approximate surface area is 142 Å². The fourth-order valence-corrected chi connectivity index (χ4v) is 2.67. The molecule has 0 heterocycles. The number of hydrogen-bond acceptors (Lipinski definition) is 2. The van der Waals surface area contributed by atoms with Crippen molar-refractivity contribution < 1.29 is 9.53 Å². The van der Waals surface area contributed by atoms with E-state index < -0.39 is 0 Å². The molecule has 122 valence electrons. The van der Waals surface area contributed by atoms with Gasteiger partial charge in [-0.1, -0.05) is 50.6 Å². The van der Waals surface area contributed by atoms with Gasteiger partial charge in [0.25, 0.3) is 5.91 Å². The number of carbonyl (C=O) groups is 1. The fraction of sp³-hybridized carbons (Fsp3) is 0.316. The van der Waals surface area contributed by atoms with E-state index >= 15 is 0 Å². The molecule has 0 unspecified atom stereocenters. The second kappa shape index (κ2) is 7.05. The molecule has 0 saturated heterocycles. The summed E-state index contributed by atoms with van der Waals surface area (Å²) in [6.45, 7) is 6.87. The Kier molecular flexibility index (Phi) is 5.32. The van der Waals surface area contributed by atoms with Gasteiger partial charge in [-0.3, -0.25) is 4.79 Å². The molecule has 0 aromatic heterocycles. The van der Waals surface area contributed by atoms with Crippen molar-refractivity contribution in [2.45, 2.75) is 32.7 Å². The van der Waals surface area contributed by atoms with Crippen LogP contribution in [0.5, 0.6) is 5.75 Å². The number of halogens is 1. The lowest BCUT2D eigenvalue weighted by atomic mass is 9.83. The van der Waals surface area contributed by atoms with Crippen LogP contribution in [0.25, 0.3) is 0 Å². The van der Waals surface area contributed by atoms with Crippen LogP contribution < -0.4 is 10.1 Å². The predicted molar refractivity (Wildman–Crippen MR) is 94.3 cm³/mol. The van der Waals surface area contributed by atoms with E-state index in [2.05, 4.69) is 26.1 Å². The predicted octanol–water partition coefficient (Wildman–Crippen LogP) is 4.58. The lowest BCUT2D eigenvalue weighted by Crippen LogP contribution is -2.25. The zero-order chi connectivity index (χ0) is 17.0. The molecule has 0 radical (unpaired) electrons. The molecule has 0 bridgehead atoms. The van der Waals surface area contributed by atoms with Crippen LogP contribution in [0.15, 0.2) is 42.5 Å². The van der Waals surface area contributed by atoms with Crippen LogP contribution >= 0.6 is 11.6 Å². The molecule has 4 heteroatoms. The third-order valence-electron chi connectivity index (χ3n) is 3.68. The van der Waals surface area contributed by atoms with Crippen LogP contribution in [0.2, 0.25) is 5.02 Å². The van der Waals surface area contributed by atoms with E-state index in [1.54, 1.807) is 31.4 Å². The summed E-state index contributed by atoms with van der Waals surface area (Å²) in [6, 6.07) is 13.0. The monoisotopic (exact) mass is 331 g/mol. The molecule has 0 aliphatic rings. The molecule has 0 spiro atoms. The van der Waals surface area contributed by atoms with Crippen LogP contribution in [0.1, 0.15) is 42.3 Å². The number of benzene rings is 2. The minimum Gasteiger partial charge on any atom is -0.497 e. The molecule has 2 aromatic rings. The van der Waals surface area contributed by atoms with Crippen LogP contribution in [0.3, 0.4) is 0 Å². The van der Waals surface area contributed by atoms with Crippen molar-refractivity contribution in [3.05, 3.63) is 64.2 Å². The lowest BCUT2D eigenvalue weighted by Gasteiger charge is -2.24. The molecule has 0 atom stereocenters. The largest absolute Gasteiger partial charge is 0.497 e. The molecule has 3 nitrogen and oxygen atoms in total. The van der Waals surface area contributed by atoms with Crippen molar-refractivity contribution in [2.75, 3.05) is 7.11 Å². The Balaban J connectivity index is 2.21. The van der Waals surface area contributed by atoms with Gasteiger partial charge in [-0.2, -0.15) is 0 Å². The number of rotatable bonds is 4. The average molecular weight is 332 g/mol. The first kappa shape index (κ1) is 17.4. The first-order valence-corrected chi connectivity index (χ1v) is 7.91. The van der Waals surface area contributed by atoms with Crippen molar-refractivity contribution in [1.82, 2.24) is 5.32 Å². The van der Waals surface area contributed by atoms with Gasteiger partial charge >= 0.3 is 0 Å². The summed E-state index contributed by atoms with van der Waals surface area (Å²) in [6.07, 6.45) is 0. The van der Waals surface area contributed by atoms with E-state index in [4.69, 9.17) is 16.3 Å². The Morgan fingerprint density at radius 3 is 2.48 bits per heavy atom. The van der Waals surface area contributed by atoms with Gasteiger partial charge in [0.05, 0.1) is 17.7 Å². The maximum atomic E-state index is 12.3. The Hall–Kier alpha value is -2.00. The summed E-state index contributed by atoms with van der Waals surface area (Å²) in [5.41, 5.74) is 2.66. The van der Waals surface area contributed by atoms with Crippen molar-refractivity contribution in [3.63, 3.8) is 0 Å². The summed E-state index contributed by atoms with van der Waals surface area (Å²) >= 11 is 6.07. The summed E-state index contributed by atoms with van der Waals surface area (Å²) in [7, 11) is 1.65. The molecule has 0 saturated carbocycles. The van der Waals surface area contributed by atoms with E-state index in [9.17, 15) is 4.79 Å². The number of methoxy groups -OCH3 is 1. The van der Waals surface area contributed by atoms with Gasteiger partial charge in [0, 0.05) is 6.54 Å². The van der Waals surface area contributed by atoms with E-state index in [1.165, 1.54) is 0 Å². The van der Waals surface area contributed by atoms with Crippen molar-refractivity contribution >= 4 is 17.5 Å². The summed E-state index contributed by atoms with van der Waals surface area (Å²) in [4.78, 5) is 12.3. The van der Waals surface area contributed by atoms with Crippen molar-refractivity contribution in [2.24, 2.45) is 0 Å². The SMILES string of the molecule is COc1ccc(CNC(=O)c2ccccc2Cl)c(C(C)(C)C)c1. The van der Waals surface area contributed by atoms with Gasteiger partial charge in [-0.05, 0) is 40.8 Å². The molecule has 0 aliphatic carbocycles. The van der Waals surface area contributed by atoms with Crippen LogP contribution in [-0.2, 0) is 12.0 Å². The second-order valence-corrected chi connectivity index (χ2v) is 6.84. The third kappa shape index (κ3) is 4.26. The van der Waals surface area contributed by atoms with Gasteiger partial charge in [-0.25, -0.2) is 0 Å². The van der Waals surface area contributed by atoms with Gasteiger partial charge in [0.2, 0.25) is 0 Å². The Morgan fingerprint density at radius 1 is 1.17 bits per heavy atom. The number of carbonyl (C=O) groups excluding carboxylic acids is 1. The van der Waals surface area contributed by atoms with Crippen molar-refractivity contribution in [3.8, 4) is 5.75 Å². The van der Waals surface area contributed by atoms with Gasteiger partial charge in [0.15, 0.2) is 0 Å². The smallest absolute Gasteiger partial charge is 0.253 e. The molecule has 1 N–H and O–H groups in total. The van der Waals surface area contributed by atoms with E-state index in [-0.39, 0.29) is 11.3 Å². The minimum atomic E-state index is -0.175. The quantitative estimate of drug-likeness (QED) is 0.890. The molecular weight excluding hydrogens is 310 g/mol. The van der Waals surface area contributed by atoms with Crippen LogP contribution in [0, 0.1) is 0 Å². The molecule has 0 fully saturated rings. The molecule has 2 rings (SSSR count). The number of hydrogen-bond donors (Lipinski definition) is 1. The molecule has 2 aromatic carbocycles. The Morgan fingerprint density at radius 2 is 1.87 bits per heavy atom. The molecule has 0 aliphatic heterocycles. The second-order valence-electron chi connectivity index (χ2n) is 6.44. The highest BCUT2D eigenvalue weighted by Gasteiger charge is 2.19. The molecule has 1 amide bonds. The topological polar surface area (TPSA) is 38.3 Å². The van der Waals surface area contributed by atoms with E-state index in [0.29, 0.717) is 17.1 Å². The third-order valence-corrected chi connectivity index (χ3v) is 4.01. The summed E-state index contributed by atoms with van der Waals surface area (Å²) in [5, 5.41) is 3.40. The van der Waals surface area contributed by atoms with Gasteiger partial charge in [0.1, 0.15) is 5.75 Å². The zero-order valence-electron chi connectivity index (χ0n) is 13.9. The summed E-state index contributed by atoms with van der Waals surface area (Å²) < 4.78 is 5.31. The highest BCUT2D eigenvalue weighted by molar-refractivity contribution is 6.33. The minimum absolute atomic E-state index is 0.0427. The average Bonchev–Trinajstić information content (AvgIpc) is 2.52. The summed E-state index contributed by atoms with van der Waals surface area (Å²) in [5.74, 6) is 0.641. The number of nitrogens with one attached hydrogen (secondary N) is 1. The zero-order valence-corrected chi connectivity index (χ0v) is 14.7. The standard InChI is InChI=1S/C19H22ClNO2/c1-19(2,3)16-11-14(23-4)10-9-13(16)12-21-18(22)15-7-5-6-8-17(15)20/h5-11H,12H2,1-4H3,(H,21,22). The molecular formula is C19H22ClNO2. The van der Waals surface area contributed by atoms with Gasteiger partial charge < -0.3 is 10.1 Å². The number of amides is 1. The van der Waals surface area contributed by atoms with Crippen LogP contribution in [0.4, 0.5) is 0 Å². The normalized spacial score (nSPS) is 11.2. The van der Waals surface area contributed by atoms with E-state index in [1.807, 2.05) is 18.2 Å². The highest BCUT2D eigenvalue weighted by Crippen LogP contribution is 2.29. The fourth-order valence-electron chi connectivity index (χ4n) is 2.45. The molecule has 23 heavy (non-hydrogen) atoms. The first-order valence-electron chi connectivity index (χ1n) is 7.53. The van der Waals surface area contributed by atoms with Gasteiger partial charge in [-0.15, -0.1) is 0 Å². The highest BCUT2D eigenvalue weighted by atomic mass is 35.5. The number of ether oxygens (including phenoxy) is 1. The van der Waals surface area contributed by atoms with Crippen molar-refractivity contribution in [1.29, 1.82) is 0 Å². The van der Waals surface area contributed by atoms with Crippen LogP contribution in [-0.4, -0.2) is 13.0 Å². The Bertz CT molecular complexity index is 705. The lowest BCUT2D eigenvalue weighted by molar-refractivity contribution is 0.0951. The first-order chi connectivity index (χ1) is 10.8. The maximum Gasteiger partial charge on any atom is 0.253 e. The maximum absolute atomic E-state index is 12.3.